The van der Waals surface area contributed by atoms with Gasteiger partial charge < -0.3 is 9.84 Å². The molecule has 0 aliphatic rings. The van der Waals surface area contributed by atoms with Crippen molar-refractivity contribution in [2.24, 2.45) is 5.92 Å². The number of carbonyl (C=O) groups is 1. The molecule has 1 atom stereocenters. The molecular formula is C20H32O3. The van der Waals surface area contributed by atoms with Gasteiger partial charge in [-0.15, -0.1) is 0 Å². The molecule has 0 amide bonds. The molecule has 0 saturated carbocycles. The van der Waals surface area contributed by atoms with Crippen molar-refractivity contribution in [2.45, 2.75) is 71.3 Å². The molecule has 0 heterocycles. The van der Waals surface area contributed by atoms with Crippen LogP contribution in [0.25, 0.3) is 0 Å². The zero-order valence-corrected chi connectivity index (χ0v) is 14.9. The molecule has 0 spiro atoms. The largest absolute Gasteiger partial charge is 0.463 e. The van der Waals surface area contributed by atoms with Crippen molar-refractivity contribution in [3.8, 4) is 0 Å². The van der Waals surface area contributed by atoms with Crippen LogP contribution in [0.1, 0.15) is 71.3 Å². The van der Waals surface area contributed by atoms with E-state index in [1.807, 2.05) is 32.0 Å². The van der Waals surface area contributed by atoms with Crippen molar-refractivity contribution < 1.29 is 14.6 Å². The first-order chi connectivity index (χ1) is 11.1. The highest BCUT2D eigenvalue weighted by Gasteiger charge is 2.45. The lowest BCUT2D eigenvalue weighted by Crippen LogP contribution is -2.44. The van der Waals surface area contributed by atoms with Gasteiger partial charge in [0.2, 0.25) is 0 Å². The van der Waals surface area contributed by atoms with Gasteiger partial charge in [-0.25, -0.2) is 4.79 Å². The molecule has 1 aromatic rings. The molecule has 3 heteroatoms. The molecule has 0 aliphatic carbocycles. The maximum Gasteiger partial charge on any atom is 0.343 e. The molecule has 1 unspecified atom stereocenters. The lowest BCUT2D eigenvalue weighted by Gasteiger charge is -2.33. The molecule has 1 rings (SSSR count). The number of rotatable bonds is 11. The van der Waals surface area contributed by atoms with Crippen LogP contribution in [0.4, 0.5) is 0 Å². The van der Waals surface area contributed by atoms with Crippen LogP contribution < -0.4 is 0 Å². The van der Waals surface area contributed by atoms with E-state index in [4.69, 9.17) is 4.74 Å². The van der Waals surface area contributed by atoms with Crippen LogP contribution in [0.15, 0.2) is 30.3 Å². The second-order valence-corrected chi connectivity index (χ2v) is 6.20. The minimum Gasteiger partial charge on any atom is -0.463 e. The Morgan fingerprint density at radius 2 is 1.65 bits per heavy atom. The molecule has 1 N–H and O–H groups in total. The highest BCUT2D eigenvalue weighted by atomic mass is 16.5. The Balaban J connectivity index is 2.75. The van der Waals surface area contributed by atoms with Gasteiger partial charge in [-0.05, 0) is 24.8 Å². The Hall–Kier alpha value is -1.35. The van der Waals surface area contributed by atoms with E-state index in [9.17, 15) is 9.90 Å². The van der Waals surface area contributed by atoms with Crippen molar-refractivity contribution >= 4 is 5.97 Å². The average molecular weight is 320 g/mol. The molecule has 0 radical (unpaired) electrons. The van der Waals surface area contributed by atoms with Gasteiger partial charge in [0.1, 0.15) is 0 Å². The summed E-state index contributed by atoms with van der Waals surface area (Å²) in [5.41, 5.74) is -0.918. The van der Waals surface area contributed by atoms with E-state index in [0.29, 0.717) is 12.2 Å². The first kappa shape index (κ1) is 19.7. The fourth-order valence-corrected chi connectivity index (χ4v) is 3.07. The Morgan fingerprint density at radius 3 is 2.22 bits per heavy atom. The second-order valence-electron chi connectivity index (χ2n) is 6.20. The molecule has 0 aliphatic heterocycles. The van der Waals surface area contributed by atoms with Crippen molar-refractivity contribution in [1.29, 1.82) is 0 Å². The van der Waals surface area contributed by atoms with Crippen molar-refractivity contribution in [3.05, 3.63) is 35.9 Å². The highest BCUT2D eigenvalue weighted by molar-refractivity contribution is 5.81. The van der Waals surface area contributed by atoms with Gasteiger partial charge in [0, 0.05) is 5.92 Å². The molecular weight excluding hydrogens is 288 g/mol. The number of esters is 1. The van der Waals surface area contributed by atoms with Crippen LogP contribution in [0.3, 0.4) is 0 Å². The van der Waals surface area contributed by atoms with Gasteiger partial charge in [-0.2, -0.15) is 0 Å². The summed E-state index contributed by atoms with van der Waals surface area (Å²) in [6.07, 6.45) is 6.97. The number of benzene rings is 1. The number of hydrogen-bond acceptors (Lipinski definition) is 3. The summed E-state index contributed by atoms with van der Waals surface area (Å²) in [4.78, 5) is 12.6. The number of carbonyl (C=O) groups excluding carboxylic acids is 1. The Labute approximate surface area is 141 Å². The summed E-state index contributed by atoms with van der Waals surface area (Å²) in [5.74, 6) is -0.648. The van der Waals surface area contributed by atoms with Crippen molar-refractivity contribution in [2.75, 3.05) is 6.61 Å². The van der Waals surface area contributed by atoms with Gasteiger partial charge in [0.25, 0.3) is 0 Å². The van der Waals surface area contributed by atoms with Gasteiger partial charge in [0.15, 0.2) is 5.60 Å². The van der Waals surface area contributed by atoms with Crippen LogP contribution >= 0.6 is 0 Å². The third-order valence-electron chi connectivity index (χ3n) is 4.58. The fraction of sp³-hybridized carbons (Fsp3) is 0.650. The van der Waals surface area contributed by atoms with E-state index in [2.05, 4.69) is 6.92 Å². The maximum absolute atomic E-state index is 12.6. The lowest BCUT2D eigenvalue weighted by atomic mass is 9.78. The summed E-state index contributed by atoms with van der Waals surface area (Å²) < 4.78 is 5.44. The molecule has 0 aromatic heterocycles. The Bertz CT molecular complexity index is 439. The molecule has 23 heavy (non-hydrogen) atoms. The Morgan fingerprint density at radius 1 is 1.04 bits per heavy atom. The molecule has 130 valence electrons. The summed E-state index contributed by atoms with van der Waals surface area (Å²) in [7, 11) is 0. The number of aliphatic hydroxyl groups is 1. The maximum atomic E-state index is 12.6. The minimum atomic E-state index is -1.55. The predicted molar refractivity (Wildman–Crippen MR) is 94.1 cm³/mol. The van der Waals surface area contributed by atoms with Crippen LogP contribution in [0, 0.1) is 5.92 Å². The van der Waals surface area contributed by atoms with Gasteiger partial charge in [-0.1, -0.05) is 76.8 Å². The van der Waals surface area contributed by atoms with E-state index in [0.717, 1.165) is 25.7 Å². The highest BCUT2D eigenvalue weighted by Crippen LogP contribution is 2.35. The molecule has 1 aromatic carbocycles. The lowest BCUT2D eigenvalue weighted by molar-refractivity contribution is -0.174. The third-order valence-corrected chi connectivity index (χ3v) is 4.58. The normalized spacial score (nSPS) is 13.8. The first-order valence-corrected chi connectivity index (χ1v) is 9.06. The van der Waals surface area contributed by atoms with Crippen LogP contribution in [-0.2, 0) is 15.1 Å². The molecule has 0 bridgehead atoms. The summed E-state index contributed by atoms with van der Waals surface area (Å²) >= 11 is 0. The number of ether oxygens (including phenoxy) is 1. The SMILES string of the molecule is CCCCCCCOC(=O)C(O)(c1ccccc1)C(CC)CC. The number of hydrogen-bond donors (Lipinski definition) is 1. The average Bonchev–Trinajstić information content (AvgIpc) is 2.59. The van der Waals surface area contributed by atoms with E-state index < -0.39 is 11.6 Å². The van der Waals surface area contributed by atoms with Crippen LogP contribution in [-0.4, -0.2) is 17.7 Å². The van der Waals surface area contributed by atoms with E-state index in [-0.39, 0.29) is 5.92 Å². The minimum absolute atomic E-state index is 0.141. The van der Waals surface area contributed by atoms with E-state index in [1.165, 1.54) is 19.3 Å². The van der Waals surface area contributed by atoms with E-state index >= 15 is 0 Å². The van der Waals surface area contributed by atoms with Crippen LogP contribution in [0.2, 0.25) is 0 Å². The van der Waals surface area contributed by atoms with Gasteiger partial charge in [-0.3, -0.25) is 0 Å². The third kappa shape index (κ3) is 5.35. The zero-order valence-electron chi connectivity index (χ0n) is 14.9. The molecule has 0 saturated heterocycles. The second kappa shape index (κ2) is 10.4. The standard InChI is InChI=1S/C20H32O3/c1-4-7-8-9-13-16-23-19(21)20(22,17(5-2)6-3)18-14-11-10-12-15-18/h10-12,14-15,17,22H,4-9,13,16H2,1-3H3. The number of unbranched alkanes of at least 4 members (excludes halogenated alkanes) is 4. The van der Waals surface area contributed by atoms with Gasteiger partial charge >= 0.3 is 5.97 Å². The summed E-state index contributed by atoms with van der Waals surface area (Å²) in [6.45, 7) is 6.56. The molecule has 3 nitrogen and oxygen atoms in total. The molecule has 0 fully saturated rings. The van der Waals surface area contributed by atoms with Crippen molar-refractivity contribution in [3.63, 3.8) is 0 Å². The fourth-order valence-electron chi connectivity index (χ4n) is 3.07. The van der Waals surface area contributed by atoms with Gasteiger partial charge in [0.05, 0.1) is 6.61 Å². The van der Waals surface area contributed by atoms with Crippen LogP contribution in [0.5, 0.6) is 0 Å². The topological polar surface area (TPSA) is 46.5 Å². The van der Waals surface area contributed by atoms with E-state index in [1.54, 1.807) is 12.1 Å². The summed E-state index contributed by atoms with van der Waals surface area (Å²) in [5, 5.41) is 11.2. The Kier molecular flexibility index (Phi) is 8.93. The zero-order chi connectivity index (χ0) is 17.1. The smallest absolute Gasteiger partial charge is 0.343 e. The van der Waals surface area contributed by atoms with Crippen molar-refractivity contribution in [1.82, 2.24) is 0 Å². The first-order valence-electron chi connectivity index (χ1n) is 9.06. The monoisotopic (exact) mass is 320 g/mol. The predicted octanol–water partition coefficient (Wildman–Crippen LogP) is 4.82. The summed E-state index contributed by atoms with van der Waals surface area (Å²) in [6, 6.07) is 9.19. The quantitative estimate of drug-likeness (QED) is 0.469.